The van der Waals surface area contributed by atoms with Gasteiger partial charge in [-0.2, -0.15) is 5.10 Å². The van der Waals surface area contributed by atoms with Gasteiger partial charge in [0.05, 0.1) is 30.1 Å². The van der Waals surface area contributed by atoms with Crippen molar-refractivity contribution in [2.45, 2.75) is 32.4 Å². The number of carbonyl (C=O) groups is 1. The topological polar surface area (TPSA) is 64.2 Å². The normalized spacial score (nSPS) is 17.2. The van der Waals surface area contributed by atoms with E-state index in [1.165, 1.54) is 0 Å². The zero-order chi connectivity index (χ0) is 17.2. The zero-order valence-electron chi connectivity index (χ0n) is 14.1. The lowest BCUT2D eigenvalue weighted by Crippen LogP contribution is -2.38. The summed E-state index contributed by atoms with van der Waals surface area (Å²) >= 11 is 0. The molecule has 0 spiro atoms. The maximum atomic E-state index is 13.0. The van der Waals surface area contributed by atoms with E-state index >= 15 is 0 Å². The van der Waals surface area contributed by atoms with Crippen LogP contribution in [0.25, 0.3) is 11.5 Å². The Labute approximate surface area is 146 Å². The summed E-state index contributed by atoms with van der Waals surface area (Å²) < 4.78 is 7.27. The van der Waals surface area contributed by atoms with Crippen LogP contribution in [0, 0.1) is 6.92 Å². The molecule has 1 unspecified atom stereocenters. The number of carbonyl (C=O) groups excluding carboxylic acids is 1. The second-order valence-electron chi connectivity index (χ2n) is 6.33. The second-order valence-corrected chi connectivity index (χ2v) is 6.33. The van der Waals surface area contributed by atoms with Crippen molar-refractivity contribution in [1.82, 2.24) is 19.7 Å². The lowest BCUT2D eigenvalue weighted by atomic mass is 10.1. The number of aromatic nitrogens is 3. The number of pyridine rings is 1. The van der Waals surface area contributed by atoms with Crippen LogP contribution in [0.3, 0.4) is 0 Å². The van der Waals surface area contributed by atoms with Crippen LogP contribution in [0.2, 0.25) is 0 Å². The molecular weight excluding hydrogens is 316 g/mol. The van der Waals surface area contributed by atoms with Gasteiger partial charge in [-0.1, -0.05) is 0 Å². The summed E-state index contributed by atoms with van der Waals surface area (Å²) in [5.41, 5.74) is 2.12. The molecule has 3 aromatic rings. The van der Waals surface area contributed by atoms with Gasteiger partial charge in [-0.05, 0) is 50.1 Å². The number of nitrogens with zero attached hydrogens (tertiary/aromatic N) is 4. The summed E-state index contributed by atoms with van der Waals surface area (Å²) in [5, 5.41) is 4.26. The van der Waals surface area contributed by atoms with Gasteiger partial charge in [-0.25, -0.2) is 4.98 Å². The van der Waals surface area contributed by atoms with Crippen molar-refractivity contribution in [3.8, 4) is 11.5 Å². The molecule has 1 amide bonds. The average Bonchev–Trinajstić information content (AvgIpc) is 3.37. The Morgan fingerprint density at radius 1 is 1.32 bits per heavy atom. The van der Waals surface area contributed by atoms with Crippen LogP contribution in [-0.2, 0) is 6.54 Å². The van der Waals surface area contributed by atoms with Crippen LogP contribution in [0.1, 0.15) is 28.9 Å². The van der Waals surface area contributed by atoms with E-state index in [0.29, 0.717) is 11.3 Å². The Balaban J connectivity index is 1.55. The van der Waals surface area contributed by atoms with Gasteiger partial charge in [0.25, 0.3) is 5.91 Å². The van der Waals surface area contributed by atoms with Crippen LogP contribution in [0.15, 0.2) is 53.4 Å². The molecule has 0 saturated carbocycles. The fourth-order valence-corrected chi connectivity index (χ4v) is 3.42. The van der Waals surface area contributed by atoms with Gasteiger partial charge in [0.15, 0.2) is 5.76 Å². The quantitative estimate of drug-likeness (QED) is 0.734. The number of aryl methyl sites for hydroxylation is 1. The highest BCUT2D eigenvalue weighted by atomic mass is 16.3. The minimum Gasteiger partial charge on any atom is -0.463 e. The van der Waals surface area contributed by atoms with Gasteiger partial charge in [-0.15, -0.1) is 0 Å². The van der Waals surface area contributed by atoms with E-state index in [1.54, 1.807) is 12.5 Å². The van der Waals surface area contributed by atoms with Crippen molar-refractivity contribution < 1.29 is 9.21 Å². The number of hydrogen-bond donors (Lipinski definition) is 0. The standard InChI is InChI=1S/C19H20N4O2/c1-14-16(7-8-17(21-14)18-6-3-12-25-18)19(24)23-11-2-5-15(23)13-22-10-4-9-20-22/h3-4,6-10,12,15H,2,5,11,13H2,1H3. The Hall–Kier alpha value is -2.89. The van der Waals surface area contributed by atoms with Crippen molar-refractivity contribution in [1.29, 1.82) is 0 Å². The van der Waals surface area contributed by atoms with Crippen LogP contribution in [0.5, 0.6) is 0 Å². The van der Waals surface area contributed by atoms with Gasteiger partial charge < -0.3 is 9.32 Å². The summed E-state index contributed by atoms with van der Waals surface area (Å²) in [6.07, 6.45) is 7.35. The maximum Gasteiger partial charge on any atom is 0.256 e. The van der Waals surface area contributed by atoms with Crippen LogP contribution < -0.4 is 0 Å². The molecule has 0 aromatic carbocycles. The minimum atomic E-state index is 0.0469. The Bertz CT molecular complexity index is 856. The van der Waals surface area contributed by atoms with Gasteiger partial charge in [0, 0.05) is 18.9 Å². The number of hydrogen-bond acceptors (Lipinski definition) is 4. The molecule has 1 saturated heterocycles. The number of furan rings is 1. The Morgan fingerprint density at radius 2 is 2.24 bits per heavy atom. The fourth-order valence-electron chi connectivity index (χ4n) is 3.42. The molecule has 128 valence electrons. The van der Waals surface area contributed by atoms with Crippen molar-refractivity contribution in [3.05, 3.63) is 60.2 Å². The average molecular weight is 336 g/mol. The Morgan fingerprint density at radius 3 is 2.96 bits per heavy atom. The first-order valence-corrected chi connectivity index (χ1v) is 8.52. The number of rotatable bonds is 4. The second kappa shape index (κ2) is 6.55. The molecule has 0 radical (unpaired) electrons. The molecule has 3 aromatic heterocycles. The van der Waals surface area contributed by atoms with E-state index in [4.69, 9.17) is 4.42 Å². The third kappa shape index (κ3) is 3.07. The summed E-state index contributed by atoms with van der Waals surface area (Å²) in [7, 11) is 0. The van der Waals surface area contributed by atoms with Crippen molar-refractivity contribution in [2.75, 3.05) is 6.54 Å². The first-order chi connectivity index (χ1) is 12.2. The van der Waals surface area contributed by atoms with E-state index in [-0.39, 0.29) is 11.9 Å². The first kappa shape index (κ1) is 15.6. The monoisotopic (exact) mass is 336 g/mol. The third-order valence-electron chi connectivity index (χ3n) is 4.68. The smallest absolute Gasteiger partial charge is 0.256 e. The largest absolute Gasteiger partial charge is 0.463 e. The van der Waals surface area contributed by atoms with Gasteiger partial charge in [0.2, 0.25) is 0 Å². The molecule has 0 N–H and O–H groups in total. The maximum absolute atomic E-state index is 13.0. The number of likely N-dealkylation sites (tertiary alicyclic amines) is 1. The van der Waals surface area contributed by atoms with E-state index in [1.807, 2.05) is 53.0 Å². The minimum absolute atomic E-state index is 0.0469. The molecule has 0 aliphatic carbocycles. The summed E-state index contributed by atoms with van der Waals surface area (Å²) in [6.45, 7) is 3.39. The highest BCUT2D eigenvalue weighted by molar-refractivity contribution is 5.95. The molecule has 1 aliphatic rings. The van der Waals surface area contributed by atoms with Gasteiger partial charge in [0.1, 0.15) is 5.69 Å². The van der Waals surface area contributed by atoms with Crippen LogP contribution >= 0.6 is 0 Å². The lowest BCUT2D eigenvalue weighted by Gasteiger charge is -2.25. The molecular formula is C19H20N4O2. The summed E-state index contributed by atoms with van der Waals surface area (Å²) in [4.78, 5) is 19.5. The Kier molecular flexibility index (Phi) is 4.09. The molecule has 1 aliphatic heterocycles. The summed E-state index contributed by atoms with van der Waals surface area (Å²) in [5.74, 6) is 0.755. The van der Waals surface area contributed by atoms with Crippen LogP contribution in [-0.4, -0.2) is 38.2 Å². The third-order valence-corrected chi connectivity index (χ3v) is 4.68. The van der Waals surface area contributed by atoms with Crippen molar-refractivity contribution in [2.24, 2.45) is 0 Å². The lowest BCUT2D eigenvalue weighted by molar-refractivity contribution is 0.0720. The molecule has 4 heterocycles. The molecule has 1 fully saturated rings. The van der Waals surface area contributed by atoms with E-state index in [0.717, 1.165) is 37.3 Å². The molecule has 6 nitrogen and oxygen atoms in total. The predicted molar refractivity (Wildman–Crippen MR) is 93.0 cm³/mol. The summed E-state index contributed by atoms with van der Waals surface area (Å²) in [6, 6.07) is 9.47. The molecule has 6 heteroatoms. The molecule has 1 atom stereocenters. The zero-order valence-corrected chi connectivity index (χ0v) is 14.1. The van der Waals surface area contributed by atoms with Gasteiger partial charge in [-0.3, -0.25) is 9.48 Å². The number of amides is 1. The van der Waals surface area contributed by atoms with Crippen LogP contribution in [0.4, 0.5) is 0 Å². The van der Waals surface area contributed by atoms with E-state index in [9.17, 15) is 4.79 Å². The van der Waals surface area contributed by atoms with Gasteiger partial charge >= 0.3 is 0 Å². The van der Waals surface area contributed by atoms with Crippen molar-refractivity contribution in [3.63, 3.8) is 0 Å². The highest BCUT2D eigenvalue weighted by Crippen LogP contribution is 2.24. The van der Waals surface area contributed by atoms with Crippen molar-refractivity contribution >= 4 is 5.91 Å². The molecule has 0 bridgehead atoms. The first-order valence-electron chi connectivity index (χ1n) is 8.52. The van der Waals surface area contributed by atoms with E-state index in [2.05, 4.69) is 10.1 Å². The SMILES string of the molecule is Cc1nc(-c2ccco2)ccc1C(=O)N1CCCC1Cn1cccn1. The highest BCUT2D eigenvalue weighted by Gasteiger charge is 2.30. The van der Waals surface area contributed by atoms with E-state index < -0.39 is 0 Å². The fraction of sp³-hybridized carbons (Fsp3) is 0.316. The molecule has 4 rings (SSSR count). The molecule has 25 heavy (non-hydrogen) atoms. The predicted octanol–water partition coefficient (Wildman–Crippen LogP) is 3.15.